The molecule has 0 aliphatic carbocycles. The highest BCUT2D eigenvalue weighted by Gasteiger charge is 2.11. The summed E-state index contributed by atoms with van der Waals surface area (Å²) in [5, 5.41) is 13.0. The second-order valence-corrected chi connectivity index (χ2v) is 4.68. The predicted molar refractivity (Wildman–Crippen MR) is 72.5 cm³/mol. The Morgan fingerprint density at radius 1 is 1.40 bits per heavy atom. The number of nitrogens with zero attached hydrogens (tertiary/aromatic N) is 3. The molecular formula is C14H17N3O3. The number of carbonyl (C=O) groups is 1. The molecule has 0 aliphatic heterocycles. The topological polar surface area (TPSA) is 77.2 Å². The van der Waals surface area contributed by atoms with Crippen LogP contribution in [0.2, 0.25) is 0 Å². The lowest BCUT2D eigenvalue weighted by molar-refractivity contribution is -0.136. The monoisotopic (exact) mass is 275 g/mol. The lowest BCUT2D eigenvalue weighted by Gasteiger charge is -2.12. The summed E-state index contributed by atoms with van der Waals surface area (Å²) in [6.07, 6.45) is 1.43. The molecule has 2 aromatic rings. The van der Waals surface area contributed by atoms with E-state index in [1.165, 1.54) is 6.33 Å². The Balaban J connectivity index is 2.11. The maximum atomic E-state index is 10.8. The van der Waals surface area contributed by atoms with Crippen LogP contribution in [0.25, 0.3) is 0 Å². The quantitative estimate of drug-likeness (QED) is 0.873. The fourth-order valence-corrected chi connectivity index (χ4v) is 1.90. The van der Waals surface area contributed by atoms with Crippen LogP contribution in [0.15, 0.2) is 30.6 Å². The SMILES string of the molecule is CC(C)n1ncnc1COc1ccccc1CC(=O)O. The van der Waals surface area contributed by atoms with Crippen LogP contribution in [0.5, 0.6) is 5.75 Å². The minimum Gasteiger partial charge on any atom is -0.485 e. The first-order chi connectivity index (χ1) is 9.58. The van der Waals surface area contributed by atoms with Crippen LogP contribution in [0.1, 0.15) is 31.3 Å². The summed E-state index contributed by atoms with van der Waals surface area (Å²) >= 11 is 0. The van der Waals surface area contributed by atoms with Crippen molar-refractivity contribution in [2.45, 2.75) is 32.9 Å². The molecule has 0 radical (unpaired) electrons. The average Bonchev–Trinajstić information content (AvgIpc) is 2.85. The van der Waals surface area contributed by atoms with Gasteiger partial charge in [-0.05, 0) is 19.9 Å². The Bertz CT molecular complexity index is 593. The highest BCUT2D eigenvalue weighted by Crippen LogP contribution is 2.20. The van der Waals surface area contributed by atoms with Crippen LogP contribution >= 0.6 is 0 Å². The largest absolute Gasteiger partial charge is 0.485 e. The smallest absolute Gasteiger partial charge is 0.307 e. The predicted octanol–water partition coefficient (Wildman–Crippen LogP) is 2.07. The zero-order chi connectivity index (χ0) is 14.5. The molecule has 106 valence electrons. The molecule has 0 saturated heterocycles. The molecule has 1 aromatic heterocycles. The molecule has 0 aliphatic rings. The zero-order valence-corrected chi connectivity index (χ0v) is 11.5. The van der Waals surface area contributed by atoms with Crippen LogP contribution in [0.3, 0.4) is 0 Å². The molecule has 0 atom stereocenters. The highest BCUT2D eigenvalue weighted by molar-refractivity contribution is 5.71. The van der Waals surface area contributed by atoms with Crippen molar-refractivity contribution in [2.24, 2.45) is 0 Å². The maximum Gasteiger partial charge on any atom is 0.307 e. The molecule has 0 fully saturated rings. The van der Waals surface area contributed by atoms with Gasteiger partial charge in [0.25, 0.3) is 0 Å². The second kappa shape index (κ2) is 6.18. The van der Waals surface area contributed by atoms with Gasteiger partial charge < -0.3 is 9.84 Å². The van der Waals surface area contributed by atoms with Gasteiger partial charge in [0.05, 0.1) is 6.42 Å². The van der Waals surface area contributed by atoms with Crippen LogP contribution in [-0.2, 0) is 17.8 Å². The molecule has 1 aromatic carbocycles. The Labute approximate surface area is 117 Å². The van der Waals surface area contributed by atoms with Crippen molar-refractivity contribution in [2.75, 3.05) is 0 Å². The van der Waals surface area contributed by atoms with Crippen molar-refractivity contribution in [1.29, 1.82) is 0 Å². The van der Waals surface area contributed by atoms with Gasteiger partial charge in [-0.25, -0.2) is 9.67 Å². The van der Waals surface area contributed by atoms with Crippen molar-refractivity contribution in [3.8, 4) is 5.75 Å². The molecule has 6 nitrogen and oxygen atoms in total. The van der Waals surface area contributed by atoms with E-state index in [2.05, 4.69) is 10.1 Å². The number of carboxylic acid groups (broad SMARTS) is 1. The van der Waals surface area contributed by atoms with E-state index < -0.39 is 5.97 Å². The van der Waals surface area contributed by atoms with E-state index in [1.807, 2.05) is 19.9 Å². The minimum absolute atomic E-state index is 0.0625. The number of para-hydroxylation sites is 1. The standard InChI is InChI=1S/C14H17N3O3/c1-10(2)17-13(15-9-16-17)8-20-12-6-4-3-5-11(12)7-14(18)19/h3-6,9-10H,7-8H2,1-2H3,(H,18,19). The van der Waals surface area contributed by atoms with Gasteiger partial charge in [-0.2, -0.15) is 5.10 Å². The molecule has 0 amide bonds. The minimum atomic E-state index is -0.883. The molecule has 2 rings (SSSR count). The molecule has 0 saturated carbocycles. The Hall–Kier alpha value is -2.37. The van der Waals surface area contributed by atoms with E-state index in [9.17, 15) is 4.79 Å². The van der Waals surface area contributed by atoms with Crippen molar-refractivity contribution in [3.63, 3.8) is 0 Å². The van der Waals surface area contributed by atoms with Gasteiger partial charge in [0, 0.05) is 11.6 Å². The number of benzene rings is 1. The van der Waals surface area contributed by atoms with Gasteiger partial charge in [-0.1, -0.05) is 18.2 Å². The summed E-state index contributed by atoms with van der Waals surface area (Å²) in [7, 11) is 0. The normalized spacial score (nSPS) is 10.8. The van der Waals surface area contributed by atoms with E-state index >= 15 is 0 Å². The highest BCUT2D eigenvalue weighted by atomic mass is 16.5. The molecule has 20 heavy (non-hydrogen) atoms. The number of hydrogen-bond acceptors (Lipinski definition) is 4. The number of aromatic nitrogens is 3. The van der Waals surface area contributed by atoms with Crippen molar-refractivity contribution in [1.82, 2.24) is 14.8 Å². The van der Waals surface area contributed by atoms with Gasteiger partial charge >= 0.3 is 5.97 Å². The third-order valence-corrected chi connectivity index (χ3v) is 2.81. The summed E-state index contributed by atoms with van der Waals surface area (Å²) < 4.78 is 7.46. The Morgan fingerprint density at radius 3 is 2.85 bits per heavy atom. The van der Waals surface area contributed by atoms with Crippen LogP contribution < -0.4 is 4.74 Å². The number of aliphatic carboxylic acids is 1. The molecule has 1 heterocycles. The fourth-order valence-electron chi connectivity index (χ4n) is 1.90. The molecule has 1 N–H and O–H groups in total. The number of ether oxygens (including phenoxy) is 1. The summed E-state index contributed by atoms with van der Waals surface area (Å²) in [5.41, 5.74) is 0.649. The van der Waals surface area contributed by atoms with Crippen LogP contribution in [0, 0.1) is 0 Å². The first-order valence-corrected chi connectivity index (χ1v) is 6.39. The number of hydrogen-bond donors (Lipinski definition) is 1. The van der Waals surface area contributed by atoms with E-state index in [0.29, 0.717) is 17.1 Å². The first-order valence-electron chi connectivity index (χ1n) is 6.39. The van der Waals surface area contributed by atoms with Gasteiger partial charge in [-0.15, -0.1) is 0 Å². The van der Waals surface area contributed by atoms with E-state index in [1.54, 1.807) is 22.9 Å². The summed E-state index contributed by atoms with van der Waals surface area (Å²) in [4.78, 5) is 15.0. The molecular weight excluding hydrogens is 258 g/mol. The Morgan fingerprint density at radius 2 is 2.15 bits per heavy atom. The summed E-state index contributed by atoms with van der Waals surface area (Å²) in [6.45, 7) is 4.28. The third-order valence-electron chi connectivity index (χ3n) is 2.81. The van der Waals surface area contributed by atoms with Crippen molar-refractivity contribution in [3.05, 3.63) is 42.0 Å². The van der Waals surface area contributed by atoms with Crippen LogP contribution in [0.4, 0.5) is 0 Å². The lowest BCUT2D eigenvalue weighted by Crippen LogP contribution is -2.11. The maximum absolute atomic E-state index is 10.8. The van der Waals surface area contributed by atoms with Gasteiger partial charge in [0.15, 0.2) is 5.82 Å². The van der Waals surface area contributed by atoms with Crippen molar-refractivity contribution < 1.29 is 14.6 Å². The first kappa shape index (κ1) is 14.0. The molecule has 0 unspecified atom stereocenters. The third kappa shape index (κ3) is 3.34. The van der Waals surface area contributed by atoms with Crippen molar-refractivity contribution >= 4 is 5.97 Å². The summed E-state index contributed by atoms with van der Waals surface area (Å²) in [5.74, 6) is 0.393. The van der Waals surface area contributed by atoms with Crippen LogP contribution in [-0.4, -0.2) is 25.8 Å². The molecule has 6 heteroatoms. The summed E-state index contributed by atoms with van der Waals surface area (Å²) in [6, 6.07) is 7.31. The average molecular weight is 275 g/mol. The number of carboxylic acids is 1. The van der Waals surface area contributed by atoms with E-state index in [0.717, 1.165) is 0 Å². The second-order valence-electron chi connectivity index (χ2n) is 4.68. The van der Waals surface area contributed by atoms with Gasteiger partial charge in [0.1, 0.15) is 18.7 Å². The van der Waals surface area contributed by atoms with Gasteiger partial charge in [0.2, 0.25) is 0 Å². The zero-order valence-electron chi connectivity index (χ0n) is 11.5. The van der Waals surface area contributed by atoms with E-state index in [-0.39, 0.29) is 19.1 Å². The van der Waals surface area contributed by atoms with Gasteiger partial charge in [-0.3, -0.25) is 4.79 Å². The molecule has 0 spiro atoms. The fraction of sp³-hybridized carbons (Fsp3) is 0.357. The molecule has 0 bridgehead atoms. The number of rotatable bonds is 6. The lowest BCUT2D eigenvalue weighted by atomic mass is 10.1. The Kier molecular flexibility index (Phi) is 4.34. The van der Waals surface area contributed by atoms with E-state index in [4.69, 9.17) is 9.84 Å².